The Kier molecular flexibility index (Phi) is 7.29. The summed E-state index contributed by atoms with van der Waals surface area (Å²) in [6.45, 7) is 2.06. The van der Waals surface area contributed by atoms with Crippen LogP contribution in [0.15, 0.2) is 46.9 Å². The Hall–Kier alpha value is -1.76. The summed E-state index contributed by atoms with van der Waals surface area (Å²) in [4.78, 5) is 14.3. The lowest BCUT2D eigenvalue weighted by molar-refractivity contribution is -0.136. The Morgan fingerprint density at radius 3 is 2.44 bits per heavy atom. The lowest BCUT2D eigenvalue weighted by atomic mass is 9.91. The van der Waals surface area contributed by atoms with Crippen molar-refractivity contribution < 1.29 is 14.6 Å². The standard InChI is InChI=1S/C18H21BrN2O3.ClH/c1-18(20,13-5-7-14(19)8-6-13)17(23)21(2)11-12-4-9-15(22)16(10-12)24-3;/h4-10,22H,11,20H2,1-3H3;1H. The molecule has 0 fully saturated rings. The van der Waals surface area contributed by atoms with Crippen molar-refractivity contribution in [1.29, 1.82) is 0 Å². The number of methoxy groups -OCH3 is 1. The molecule has 5 nitrogen and oxygen atoms in total. The summed E-state index contributed by atoms with van der Waals surface area (Å²) >= 11 is 3.37. The molecular weight excluding hydrogens is 408 g/mol. The monoisotopic (exact) mass is 428 g/mol. The van der Waals surface area contributed by atoms with Gasteiger partial charge in [0.1, 0.15) is 5.54 Å². The quantitative estimate of drug-likeness (QED) is 0.763. The molecular formula is C18H22BrClN2O3. The number of halogens is 2. The van der Waals surface area contributed by atoms with E-state index in [1.807, 2.05) is 24.3 Å². The molecule has 0 aliphatic rings. The van der Waals surface area contributed by atoms with Crippen molar-refractivity contribution in [2.75, 3.05) is 14.2 Å². The van der Waals surface area contributed by atoms with Crippen LogP contribution in [0, 0.1) is 0 Å². The number of likely N-dealkylation sites (N-methyl/N-ethyl adjacent to an activating group) is 1. The number of hydrogen-bond acceptors (Lipinski definition) is 4. The molecule has 2 rings (SSSR count). The van der Waals surface area contributed by atoms with Gasteiger partial charge in [-0.25, -0.2) is 0 Å². The fourth-order valence-corrected chi connectivity index (χ4v) is 2.75. The molecule has 1 amide bonds. The van der Waals surface area contributed by atoms with E-state index in [0.717, 1.165) is 15.6 Å². The normalized spacial score (nSPS) is 12.7. The van der Waals surface area contributed by atoms with Crippen molar-refractivity contribution in [1.82, 2.24) is 4.90 Å². The summed E-state index contributed by atoms with van der Waals surface area (Å²) in [6, 6.07) is 12.4. The fourth-order valence-electron chi connectivity index (χ4n) is 2.48. The van der Waals surface area contributed by atoms with E-state index >= 15 is 0 Å². The Morgan fingerprint density at radius 2 is 1.88 bits per heavy atom. The van der Waals surface area contributed by atoms with Gasteiger partial charge < -0.3 is 20.5 Å². The van der Waals surface area contributed by atoms with Crippen LogP contribution in [0.4, 0.5) is 0 Å². The molecule has 7 heteroatoms. The van der Waals surface area contributed by atoms with Gasteiger partial charge in [-0.3, -0.25) is 4.79 Å². The Labute approximate surface area is 162 Å². The highest BCUT2D eigenvalue weighted by molar-refractivity contribution is 9.10. The molecule has 2 aromatic carbocycles. The largest absolute Gasteiger partial charge is 0.504 e. The third-order valence-electron chi connectivity index (χ3n) is 3.90. The smallest absolute Gasteiger partial charge is 0.247 e. The molecule has 0 heterocycles. The number of ether oxygens (including phenoxy) is 1. The molecule has 1 unspecified atom stereocenters. The van der Waals surface area contributed by atoms with Crippen LogP contribution in [0.25, 0.3) is 0 Å². The lowest BCUT2D eigenvalue weighted by Crippen LogP contribution is -2.49. The molecule has 0 saturated heterocycles. The van der Waals surface area contributed by atoms with Crippen molar-refractivity contribution in [3.8, 4) is 11.5 Å². The van der Waals surface area contributed by atoms with Gasteiger partial charge in [0, 0.05) is 18.1 Å². The molecule has 0 aliphatic heterocycles. The third kappa shape index (κ3) is 4.87. The number of rotatable bonds is 5. The SMILES string of the molecule is COc1cc(CN(C)C(=O)C(C)(N)c2ccc(Br)cc2)ccc1O.Cl. The van der Waals surface area contributed by atoms with Crippen LogP contribution in [0.2, 0.25) is 0 Å². The number of hydrogen-bond donors (Lipinski definition) is 2. The number of phenolic OH excluding ortho intramolecular Hbond substituents is 1. The van der Waals surface area contributed by atoms with E-state index in [0.29, 0.717) is 12.3 Å². The molecule has 0 saturated carbocycles. The zero-order valence-corrected chi connectivity index (χ0v) is 16.7. The number of phenols is 1. The van der Waals surface area contributed by atoms with Crippen LogP contribution in [-0.2, 0) is 16.9 Å². The Morgan fingerprint density at radius 1 is 1.28 bits per heavy atom. The zero-order valence-electron chi connectivity index (χ0n) is 14.3. The predicted molar refractivity (Wildman–Crippen MR) is 104 cm³/mol. The van der Waals surface area contributed by atoms with Crippen LogP contribution in [0.1, 0.15) is 18.1 Å². The number of aromatic hydroxyl groups is 1. The first-order valence-electron chi connectivity index (χ1n) is 7.42. The second kappa shape index (κ2) is 8.56. The van der Waals surface area contributed by atoms with Gasteiger partial charge in [-0.15, -0.1) is 12.4 Å². The molecule has 2 aromatic rings. The molecule has 25 heavy (non-hydrogen) atoms. The fraction of sp³-hybridized carbons (Fsp3) is 0.278. The van der Waals surface area contributed by atoms with Crippen molar-refractivity contribution in [3.05, 3.63) is 58.1 Å². The van der Waals surface area contributed by atoms with Crippen molar-refractivity contribution in [2.24, 2.45) is 5.73 Å². The highest BCUT2D eigenvalue weighted by atomic mass is 79.9. The number of amides is 1. The van der Waals surface area contributed by atoms with E-state index < -0.39 is 5.54 Å². The molecule has 0 radical (unpaired) electrons. The first-order chi connectivity index (χ1) is 11.3. The highest BCUT2D eigenvalue weighted by Crippen LogP contribution is 2.28. The number of nitrogens with two attached hydrogens (primary N) is 1. The minimum Gasteiger partial charge on any atom is -0.504 e. The van der Waals surface area contributed by atoms with Gasteiger partial charge in [-0.05, 0) is 42.3 Å². The summed E-state index contributed by atoms with van der Waals surface area (Å²) in [5.74, 6) is 0.238. The van der Waals surface area contributed by atoms with Gasteiger partial charge in [0.25, 0.3) is 0 Å². The van der Waals surface area contributed by atoms with E-state index in [1.165, 1.54) is 7.11 Å². The highest BCUT2D eigenvalue weighted by Gasteiger charge is 2.33. The van der Waals surface area contributed by atoms with E-state index in [2.05, 4.69) is 15.9 Å². The second-order valence-electron chi connectivity index (χ2n) is 5.88. The minimum absolute atomic E-state index is 0. The molecule has 1 atom stereocenters. The predicted octanol–water partition coefficient (Wildman–Crippen LogP) is 3.42. The van der Waals surface area contributed by atoms with Crippen LogP contribution in [-0.4, -0.2) is 30.1 Å². The van der Waals surface area contributed by atoms with Gasteiger partial charge in [-0.2, -0.15) is 0 Å². The van der Waals surface area contributed by atoms with E-state index in [4.69, 9.17) is 10.5 Å². The Bertz CT molecular complexity index is 736. The minimum atomic E-state index is -1.13. The van der Waals surface area contributed by atoms with Gasteiger partial charge in [0.2, 0.25) is 5.91 Å². The van der Waals surface area contributed by atoms with Crippen molar-refractivity contribution in [2.45, 2.75) is 19.0 Å². The number of benzene rings is 2. The number of nitrogens with zero attached hydrogens (tertiary/aromatic N) is 1. The Balaban J connectivity index is 0.00000312. The first-order valence-corrected chi connectivity index (χ1v) is 8.21. The number of carbonyl (C=O) groups is 1. The maximum Gasteiger partial charge on any atom is 0.247 e. The van der Waals surface area contributed by atoms with Crippen molar-refractivity contribution >= 4 is 34.2 Å². The molecule has 0 aromatic heterocycles. The van der Waals surface area contributed by atoms with Crippen molar-refractivity contribution in [3.63, 3.8) is 0 Å². The summed E-state index contributed by atoms with van der Waals surface area (Å²) in [5.41, 5.74) is 6.75. The van der Waals surface area contributed by atoms with E-state index in [-0.39, 0.29) is 24.1 Å². The van der Waals surface area contributed by atoms with Crippen LogP contribution in [0.5, 0.6) is 11.5 Å². The van der Waals surface area contributed by atoms with Gasteiger partial charge in [0.05, 0.1) is 7.11 Å². The topological polar surface area (TPSA) is 75.8 Å². The van der Waals surface area contributed by atoms with E-state index in [1.54, 1.807) is 37.1 Å². The summed E-state index contributed by atoms with van der Waals surface area (Å²) < 4.78 is 6.02. The third-order valence-corrected chi connectivity index (χ3v) is 4.43. The average molecular weight is 430 g/mol. The zero-order chi connectivity index (χ0) is 17.9. The summed E-state index contributed by atoms with van der Waals surface area (Å²) in [5, 5.41) is 9.65. The molecule has 0 aliphatic carbocycles. The van der Waals surface area contributed by atoms with E-state index in [9.17, 15) is 9.90 Å². The maximum atomic E-state index is 12.8. The van der Waals surface area contributed by atoms with Crippen LogP contribution < -0.4 is 10.5 Å². The average Bonchev–Trinajstić information content (AvgIpc) is 2.56. The number of carbonyl (C=O) groups excluding carboxylic acids is 1. The van der Waals surface area contributed by atoms with Gasteiger partial charge >= 0.3 is 0 Å². The lowest BCUT2D eigenvalue weighted by Gasteiger charge is -2.30. The second-order valence-corrected chi connectivity index (χ2v) is 6.79. The molecule has 0 spiro atoms. The molecule has 136 valence electrons. The van der Waals surface area contributed by atoms with Gasteiger partial charge in [-0.1, -0.05) is 34.1 Å². The van der Waals surface area contributed by atoms with Crippen LogP contribution >= 0.6 is 28.3 Å². The summed E-state index contributed by atoms with van der Waals surface area (Å²) in [7, 11) is 3.18. The van der Waals surface area contributed by atoms with Gasteiger partial charge in [0.15, 0.2) is 11.5 Å². The first kappa shape index (κ1) is 21.3. The maximum absolute atomic E-state index is 12.8. The van der Waals surface area contributed by atoms with Crippen LogP contribution in [0.3, 0.4) is 0 Å². The molecule has 0 bridgehead atoms. The molecule has 3 N–H and O–H groups in total. The summed E-state index contributed by atoms with van der Waals surface area (Å²) in [6.07, 6.45) is 0.